The predicted octanol–water partition coefficient (Wildman–Crippen LogP) is 1.55. The van der Waals surface area contributed by atoms with Crippen molar-refractivity contribution in [3.8, 4) is 12.3 Å². The molecule has 1 rings (SSSR count). The maximum Gasteiger partial charge on any atom is 0.126 e. The van der Waals surface area contributed by atoms with Gasteiger partial charge in [0.15, 0.2) is 0 Å². The zero-order valence-corrected chi connectivity index (χ0v) is 6.38. The smallest absolute Gasteiger partial charge is 0.126 e. The van der Waals surface area contributed by atoms with Crippen LogP contribution in [0.5, 0.6) is 0 Å². The van der Waals surface area contributed by atoms with E-state index in [0.29, 0.717) is 17.4 Å². The number of terminal acetylenes is 1. The fourth-order valence-corrected chi connectivity index (χ4v) is 0.911. The highest BCUT2D eigenvalue weighted by Crippen LogP contribution is 2.09. The number of benzene rings is 1. The van der Waals surface area contributed by atoms with E-state index in [1.165, 1.54) is 18.2 Å². The number of carbonyl (C=O) groups excluding carboxylic acids is 1. The fourth-order valence-electron chi connectivity index (χ4n) is 0.911. The highest BCUT2D eigenvalue weighted by Gasteiger charge is 2.00. The van der Waals surface area contributed by atoms with E-state index in [2.05, 4.69) is 5.92 Å². The number of hydrogen-bond donors (Lipinski definition) is 0. The number of carbonyl (C=O) groups is 1. The second-order valence-corrected chi connectivity index (χ2v) is 2.32. The minimum Gasteiger partial charge on any atom is -0.303 e. The molecule has 0 aliphatic carbocycles. The normalized spacial score (nSPS) is 9.00. The van der Waals surface area contributed by atoms with Crippen molar-refractivity contribution in [3.05, 3.63) is 35.1 Å². The van der Waals surface area contributed by atoms with Crippen LogP contribution in [0, 0.1) is 18.2 Å². The summed E-state index contributed by atoms with van der Waals surface area (Å²) in [6.07, 6.45) is 5.83. The van der Waals surface area contributed by atoms with Crippen molar-refractivity contribution < 1.29 is 9.18 Å². The van der Waals surface area contributed by atoms with Gasteiger partial charge in [-0.05, 0) is 23.8 Å². The summed E-state index contributed by atoms with van der Waals surface area (Å²) in [4.78, 5) is 10.1. The Labute approximate surface area is 70.2 Å². The lowest BCUT2D eigenvalue weighted by atomic mass is 10.1. The zero-order chi connectivity index (χ0) is 8.97. The summed E-state index contributed by atoms with van der Waals surface area (Å²) in [6.45, 7) is 0. The van der Waals surface area contributed by atoms with E-state index in [0.717, 1.165) is 0 Å². The molecule has 0 atom stereocenters. The summed E-state index contributed by atoms with van der Waals surface area (Å²) >= 11 is 0. The summed E-state index contributed by atoms with van der Waals surface area (Å²) in [6, 6.07) is 4.28. The van der Waals surface area contributed by atoms with Gasteiger partial charge in [0.25, 0.3) is 0 Å². The van der Waals surface area contributed by atoms with E-state index in [9.17, 15) is 9.18 Å². The lowest BCUT2D eigenvalue weighted by molar-refractivity contribution is -0.107. The maximum absolute atomic E-state index is 12.9. The molecule has 0 unspecified atom stereocenters. The van der Waals surface area contributed by atoms with Crippen LogP contribution in [0.1, 0.15) is 11.1 Å². The van der Waals surface area contributed by atoms with Crippen molar-refractivity contribution in [3.63, 3.8) is 0 Å². The first-order chi connectivity index (χ1) is 5.77. The average molecular weight is 162 g/mol. The van der Waals surface area contributed by atoms with E-state index in [4.69, 9.17) is 6.42 Å². The highest BCUT2D eigenvalue weighted by molar-refractivity contribution is 5.56. The van der Waals surface area contributed by atoms with Crippen molar-refractivity contribution in [2.45, 2.75) is 6.42 Å². The standard InChI is InChI=1S/C10H7FO/c1-2-8-3-4-10(11)9(7-8)5-6-12/h1,3-4,6-7H,5H2. The molecule has 2 heteroatoms. The molecule has 0 heterocycles. The third-order valence-corrected chi connectivity index (χ3v) is 1.52. The van der Waals surface area contributed by atoms with Crippen LogP contribution in [0.4, 0.5) is 4.39 Å². The molecule has 0 aromatic heterocycles. The Morgan fingerprint density at radius 2 is 2.33 bits per heavy atom. The van der Waals surface area contributed by atoms with Gasteiger partial charge in [-0.2, -0.15) is 0 Å². The van der Waals surface area contributed by atoms with Crippen LogP contribution >= 0.6 is 0 Å². The molecule has 12 heavy (non-hydrogen) atoms. The van der Waals surface area contributed by atoms with Gasteiger partial charge in [0.05, 0.1) is 0 Å². The van der Waals surface area contributed by atoms with Gasteiger partial charge in [-0.15, -0.1) is 6.42 Å². The first-order valence-corrected chi connectivity index (χ1v) is 3.46. The molecule has 0 spiro atoms. The molecule has 60 valence electrons. The van der Waals surface area contributed by atoms with Gasteiger partial charge < -0.3 is 4.79 Å². The van der Waals surface area contributed by atoms with E-state index < -0.39 is 0 Å². The first kappa shape index (κ1) is 8.48. The van der Waals surface area contributed by atoms with Crippen LogP contribution in [0.25, 0.3) is 0 Å². The Bertz CT molecular complexity index is 336. The quantitative estimate of drug-likeness (QED) is 0.476. The minimum absolute atomic E-state index is 0.0708. The Kier molecular flexibility index (Phi) is 2.60. The van der Waals surface area contributed by atoms with E-state index in [1.54, 1.807) is 0 Å². The molecule has 0 radical (unpaired) electrons. The van der Waals surface area contributed by atoms with Crippen molar-refractivity contribution in [2.75, 3.05) is 0 Å². The van der Waals surface area contributed by atoms with Gasteiger partial charge in [-0.1, -0.05) is 5.92 Å². The average Bonchev–Trinajstić information content (AvgIpc) is 2.09. The summed E-state index contributed by atoms with van der Waals surface area (Å²) in [7, 11) is 0. The van der Waals surface area contributed by atoms with Crippen molar-refractivity contribution in [1.29, 1.82) is 0 Å². The van der Waals surface area contributed by atoms with Crippen LogP contribution in [-0.4, -0.2) is 6.29 Å². The third kappa shape index (κ3) is 1.70. The van der Waals surface area contributed by atoms with Crippen molar-refractivity contribution >= 4 is 6.29 Å². The van der Waals surface area contributed by atoms with E-state index >= 15 is 0 Å². The predicted molar refractivity (Wildman–Crippen MR) is 44.1 cm³/mol. The molecule has 0 aliphatic rings. The SMILES string of the molecule is C#Cc1ccc(F)c(CC=O)c1. The molecule has 0 bridgehead atoms. The van der Waals surface area contributed by atoms with Gasteiger partial charge >= 0.3 is 0 Å². The largest absolute Gasteiger partial charge is 0.303 e. The topological polar surface area (TPSA) is 17.1 Å². The van der Waals surface area contributed by atoms with E-state index in [1.807, 2.05) is 0 Å². The summed E-state index contributed by atoms with van der Waals surface area (Å²) in [5.74, 6) is 1.98. The fraction of sp³-hybridized carbons (Fsp3) is 0.100. The minimum atomic E-state index is -0.388. The summed E-state index contributed by atoms with van der Waals surface area (Å²) in [5.41, 5.74) is 0.939. The molecular formula is C10H7FO. The Morgan fingerprint density at radius 1 is 1.58 bits per heavy atom. The van der Waals surface area contributed by atoms with Gasteiger partial charge in [0.2, 0.25) is 0 Å². The molecular weight excluding hydrogens is 155 g/mol. The number of hydrogen-bond acceptors (Lipinski definition) is 1. The van der Waals surface area contributed by atoms with Gasteiger partial charge in [-0.3, -0.25) is 0 Å². The van der Waals surface area contributed by atoms with Crippen molar-refractivity contribution in [1.82, 2.24) is 0 Å². The van der Waals surface area contributed by atoms with Crippen molar-refractivity contribution in [2.24, 2.45) is 0 Å². The second-order valence-electron chi connectivity index (χ2n) is 2.32. The van der Waals surface area contributed by atoms with Crippen LogP contribution in [0.2, 0.25) is 0 Å². The lowest BCUT2D eigenvalue weighted by Crippen LogP contribution is -1.92. The van der Waals surface area contributed by atoms with Crippen LogP contribution in [0.15, 0.2) is 18.2 Å². The molecule has 1 nitrogen and oxygen atoms in total. The Morgan fingerprint density at radius 3 is 2.92 bits per heavy atom. The molecule has 0 fully saturated rings. The monoisotopic (exact) mass is 162 g/mol. The third-order valence-electron chi connectivity index (χ3n) is 1.52. The van der Waals surface area contributed by atoms with Gasteiger partial charge in [-0.25, -0.2) is 4.39 Å². The van der Waals surface area contributed by atoms with Crippen LogP contribution in [-0.2, 0) is 11.2 Å². The Balaban J connectivity index is 3.09. The molecule has 0 saturated heterocycles. The second kappa shape index (κ2) is 3.68. The Hall–Kier alpha value is -1.62. The van der Waals surface area contributed by atoms with Gasteiger partial charge in [0.1, 0.15) is 12.1 Å². The number of halogens is 1. The molecule has 0 amide bonds. The zero-order valence-electron chi connectivity index (χ0n) is 6.38. The summed E-state index contributed by atoms with van der Waals surface area (Å²) in [5, 5.41) is 0. The molecule has 0 saturated carbocycles. The number of rotatable bonds is 2. The number of aldehydes is 1. The summed E-state index contributed by atoms with van der Waals surface area (Å²) < 4.78 is 12.9. The first-order valence-electron chi connectivity index (χ1n) is 3.46. The lowest BCUT2D eigenvalue weighted by Gasteiger charge is -1.98. The van der Waals surface area contributed by atoms with E-state index in [-0.39, 0.29) is 12.2 Å². The van der Waals surface area contributed by atoms with Crippen LogP contribution in [0.3, 0.4) is 0 Å². The molecule has 1 aromatic carbocycles. The maximum atomic E-state index is 12.9. The molecule has 0 aliphatic heterocycles. The van der Waals surface area contributed by atoms with Gasteiger partial charge in [0, 0.05) is 12.0 Å². The molecule has 0 N–H and O–H groups in total. The molecule has 1 aromatic rings. The highest BCUT2D eigenvalue weighted by atomic mass is 19.1. The van der Waals surface area contributed by atoms with Crippen LogP contribution < -0.4 is 0 Å².